The molecule has 0 radical (unpaired) electrons. The summed E-state index contributed by atoms with van der Waals surface area (Å²) in [7, 11) is 1.25. The standard InChI is InChI=1S/C10H14N2O2/c1-3-4-5-10(7-11,8-12)6-9(13)14-2/h3-6H2,1-2H3. The summed E-state index contributed by atoms with van der Waals surface area (Å²) in [5.41, 5.74) is -1.21. The Morgan fingerprint density at radius 2 is 2.00 bits per heavy atom. The van der Waals surface area contributed by atoms with Gasteiger partial charge in [-0.2, -0.15) is 10.5 Å². The molecule has 0 saturated carbocycles. The van der Waals surface area contributed by atoms with Crippen molar-refractivity contribution in [3.8, 4) is 12.1 Å². The third-order valence-corrected chi connectivity index (χ3v) is 2.06. The first-order valence-corrected chi connectivity index (χ1v) is 4.53. The molecule has 0 saturated heterocycles. The lowest BCUT2D eigenvalue weighted by Gasteiger charge is -2.15. The zero-order valence-electron chi connectivity index (χ0n) is 8.54. The molecule has 0 aliphatic heterocycles. The van der Waals surface area contributed by atoms with Crippen LogP contribution in [-0.4, -0.2) is 13.1 Å². The van der Waals surface area contributed by atoms with Gasteiger partial charge in [0.1, 0.15) is 0 Å². The summed E-state index contributed by atoms with van der Waals surface area (Å²) in [4.78, 5) is 11.0. The SMILES string of the molecule is CCCCC(C#N)(C#N)CC(=O)OC. The Bertz CT molecular complexity index is 259. The highest BCUT2D eigenvalue weighted by atomic mass is 16.5. The Balaban J connectivity index is 4.49. The second-order valence-electron chi connectivity index (χ2n) is 3.16. The molecule has 0 N–H and O–H groups in total. The molecule has 0 atom stereocenters. The summed E-state index contributed by atoms with van der Waals surface area (Å²) in [6.45, 7) is 1.97. The van der Waals surface area contributed by atoms with Crippen molar-refractivity contribution in [2.75, 3.05) is 7.11 Å². The number of nitrogens with zero attached hydrogens (tertiary/aromatic N) is 2. The van der Waals surface area contributed by atoms with Gasteiger partial charge in [-0.25, -0.2) is 0 Å². The molecular formula is C10H14N2O2. The Kier molecular flexibility index (Phi) is 5.33. The van der Waals surface area contributed by atoms with Crippen LogP contribution < -0.4 is 0 Å². The molecule has 0 aromatic heterocycles. The van der Waals surface area contributed by atoms with Crippen LogP contribution in [0.3, 0.4) is 0 Å². The van der Waals surface area contributed by atoms with Crippen molar-refractivity contribution in [3.05, 3.63) is 0 Å². The third kappa shape index (κ3) is 3.45. The first-order valence-electron chi connectivity index (χ1n) is 4.53. The summed E-state index contributed by atoms with van der Waals surface area (Å²) in [5.74, 6) is -0.510. The van der Waals surface area contributed by atoms with E-state index in [2.05, 4.69) is 4.74 Å². The highest BCUT2D eigenvalue weighted by Crippen LogP contribution is 2.27. The number of carbonyl (C=O) groups excluding carboxylic acids is 1. The van der Waals surface area contributed by atoms with E-state index in [1.165, 1.54) is 7.11 Å². The highest BCUT2D eigenvalue weighted by Gasteiger charge is 2.32. The van der Waals surface area contributed by atoms with Gasteiger partial charge in [-0.05, 0) is 6.42 Å². The third-order valence-electron chi connectivity index (χ3n) is 2.06. The quantitative estimate of drug-likeness (QED) is 0.625. The Morgan fingerprint density at radius 1 is 1.43 bits per heavy atom. The van der Waals surface area contributed by atoms with Crippen molar-refractivity contribution in [2.45, 2.75) is 32.6 Å². The van der Waals surface area contributed by atoms with Crippen molar-refractivity contribution in [2.24, 2.45) is 5.41 Å². The largest absolute Gasteiger partial charge is 0.469 e. The molecule has 0 aromatic carbocycles. The molecule has 14 heavy (non-hydrogen) atoms. The predicted molar refractivity (Wildman–Crippen MR) is 49.8 cm³/mol. The normalized spacial score (nSPS) is 10.0. The van der Waals surface area contributed by atoms with Crippen LogP contribution in [-0.2, 0) is 9.53 Å². The first kappa shape index (κ1) is 12.4. The summed E-state index contributed by atoms with van der Waals surface area (Å²) in [5, 5.41) is 17.7. The van der Waals surface area contributed by atoms with Gasteiger partial charge in [0.2, 0.25) is 0 Å². The summed E-state index contributed by atoms with van der Waals surface area (Å²) >= 11 is 0. The average molecular weight is 194 g/mol. The molecule has 76 valence electrons. The fourth-order valence-electron chi connectivity index (χ4n) is 1.10. The molecule has 0 aromatic rings. The molecule has 0 aliphatic rings. The van der Waals surface area contributed by atoms with Crippen LogP contribution in [0, 0.1) is 28.1 Å². The number of rotatable bonds is 5. The van der Waals surface area contributed by atoms with Gasteiger partial charge in [-0.3, -0.25) is 4.79 Å². The fraction of sp³-hybridized carbons (Fsp3) is 0.700. The number of carbonyl (C=O) groups is 1. The number of methoxy groups -OCH3 is 1. The first-order chi connectivity index (χ1) is 6.64. The highest BCUT2D eigenvalue weighted by molar-refractivity contribution is 5.71. The minimum atomic E-state index is -1.21. The molecule has 0 heterocycles. The van der Waals surface area contributed by atoms with E-state index in [1.807, 2.05) is 19.1 Å². The molecule has 0 unspecified atom stereocenters. The lowest BCUT2D eigenvalue weighted by atomic mass is 9.83. The van der Waals surface area contributed by atoms with Crippen molar-refractivity contribution < 1.29 is 9.53 Å². The number of hydrogen-bond acceptors (Lipinski definition) is 4. The monoisotopic (exact) mass is 194 g/mol. The summed E-state index contributed by atoms with van der Waals surface area (Å²) in [6, 6.07) is 3.81. The minimum Gasteiger partial charge on any atom is -0.469 e. The van der Waals surface area contributed by atoms with E-state index in [9.17, 15) is 4.79 Å². The topological polar surface area (TPSA) is 73.9 Å². The molecule has 0 amide bonds. The number of unbranched alkanes of at least 4 members (excludes halogenated alkanes) is 1. The van der Waals surface area contributed by atoms with Gasteiger partial charge in [0.05, 0.1) is 25.7 Å². The van der Waals surface area contributed by atoms with Crippen molar-refractivity contribution in [1.82, 2.24) is 0 Å². The maximum Gasteiger partial charge on any atom is 0.308 e. The van der Waals surface area contributed by atoms with Gasteiger partial charge in [-0.15, -0.1) is 0 Å². The molecular weight excluding hydrogens is 180 g/mol. The molecule has 4 heteroatoms. The molecule has 0 rings (SSSR count). The number of esters is 1. The molecule has 4 nitrogen and oxygen atoms in total. The van der Waals surface area contributed by atoms with Crippen molar-refractivity contribution >= 4 is 5.97 Å². The molecule has 0 spiro atoms. The number of hydrogen-bond donors (Lipinski definition) is 0. The van der Waals surface area contributed by atoms with E-state index in [1.54, 1.807) is 0 Å². The van der Waals surface area contributed by atoms with Crippen LogP contribution in [0.15, 0.2) is 0 Å². The van der Waals surface area contributed by atoms with Gasteiger partial charge >= 0.3 is 5.97 Å². The molecule has 0 aliphatic carbocycles. The number of nitriles is 2. The second kappa shape index (κ2) is 5.99. The van der Waals surface area contributed by atoms with E-state index in [4.69, 9.17) is 10.5 Å². The smallest absolute Gasteiger partial charge is 0.308 e. The zero-order chi connectivity index (χ0) is 11.0. The van der Waals surface area contributed by atoms with Gasteiger partial charge in [0.25, 0.3) is 0 Å². The number of ether oxygens (including phenoxy) is 1. The molecule has 0 fully saturated rings. The maximum atomic E-state index is 11.0. The zero-order valence-corrected chi connectivity index (χ0v) is 8.54. The molecule has 0 bridgehead atoms. The Labute approximate surface area is 84.1 Å². The Hall–Kier alpha value is -1.55. The van der Waals surface area contributed by atoms with Gasteiger partial charge in [-0.1, -0.05) is 19.8 Å². The van der Waals surface area contributed by atoms with Crippen LogP contribution in [0.25, 0.3) is 0 Å². The van der Waals surface area contributed by atoms with E-state index < -0.39 is 11.4 Å². The van der Waals surface area contributed by atoms with E-state index >= 15 is 0 Å². The predicted octanol–water partition coefficient (Wildman–Crippen LogP) is 1.77. The van der Waals surface area contributed by atoms with Gasteiger partial charge < -0.3 is 4.74 Å². The van der Waals surface area contributed by atoms with Crippen molar-refractivity contribution in [3.63, 3.8) is 0 Å². The fourth-order valence-corrected chi connectivity index (χ4v) is 1.10. The second-order valence-corrected chi connectivity index (χ2v) is 3.16. The lowest BCUT2D eigenvalue weighted by molar-refractivity contribution is -0.142. The Morgan fingerprint density at radius 3 is 2.36 bits per heavy atom. The maximum absolute atomic E-state index is 11.0. The summed E-state index contributed by atoms with van der Waals surface area (Å²) < 4.78 is 4.45. The van der Waals surface area contributed by atoms with Gasteiger partial charge in [0.15, 0.2) is 5.41 Å². The van der Waals surface area contributed by atoms with Crippen LogP contribution >= 0.6 is 0 Å². The minimum absolute atomic E-state index is 0.142. The van der Waals surface area contributed by atoms with Crippen LogP contribution in [0.5, 0.6) is 0 Å². The van der Waals surface area contributed by atoms with E-state index in [-0.39, 0.29) is 6.42 Å². The van der Waals surface area contributed by atoms with E-state index in [0.717, 1.165) is 12.8 Å². The lowest BCUT2D eigenvalue weighted by Crippen LogP contribution is -2.21. The van der Waals surface area contributed by atoms with Crippen LogP contribution in [0.2, 0.25) is 0 Å². The van der Waals surface area contributed by atoms with E-state index in [0.29, 0.717) is 6.42 Å². The van der Waals surface area contributed by atoms with Crippen LogP contribution in [0.4, 0.5) is 0 Å². The van der Waals surface area contributed by atoms with Crippen molar-refractivity contribution in [1.29, 1.82) is 10.5 Å². The van der Waals surface area contributed by atoms with Crippen LogP contribution in [0.1, 0.15) is 32.6 Å². The average Bonchev–Trinajstić information content (AvgIpc) is 2.24. The summed E-state index contributed by atoms with van der Waals surface area (Å²) in [6.07, 6.45) is 1.94. The van der Waals surface area contributed by atoms with Gasteiger partial charge in [0, 0.05) is 0 Å².